The minimum Gasteiger partial charge on any atom is -0.449 e. The summed E-state index contributed by atoms with van der Waals surface area (Å²) in [5.41, 5.74) is 3.66. The minimum atomic E-state index is -0.837. The third-order valence-electron chi connectivity index (χ3n) is 2.62. The van der Waals surface area contributed by atoms with Crippen molar-refractivity contribution >= 4 is 33.6 Å². The largest absolute Gasteiger partial charge is 0.449 e. The Labute approximate surface area is 151 Å². The van der Waals surface area contributed by atoms with Gasteiger partial charge in [-0.2, -0.15) is 15.8 Å². The standard InChI is InChI=1S/C15H11BrN6O3/c1-2-25-15(24)22-21-14(23)11-4-3-10(16)5-12(11)20-13(8-19)9(6-17)7-18/h3-5,20H,2H2,1H3,(H,21,23)(H,22,24). The van der Waals surface area contributed by atoms with Crippen molar-refractivity contribution in [3.8, 4) is 18.2 Å². The highest BCUT2D eigenvalue weighted by Crippen LogP contribution is 2.23. The van der Waals surface area contributed by atoms with E-state index in [0.717, 1.165) is 0 Å². The third kappa shape index (κ3) is 5.54. The number of ether oxygens (including phenoxy) is 1. The minimum absolute atomic E-state index is 0.0583. The molecule has 10 heteroatoms. The number of carbonyl (C=O) groups excluding carboxylic acids is 2. The summed E-state index contributed by atoms with van der Waals surface area (Å²) < 4.78 is 5.19. The van der Waals surface area contributed by atoms with Crippen molar-refractivity contribution in [3.05, 3.63) is 39.5 Å². The highest BCUT2D eigenvalue weighted by atomic mass is 79.9. The van der Waals surface area contributed by atoms with E-state index in [9.17, 15) is 9.59 Å². The zero-order valence-corrected chi connectivity index (χ0v) is 14.5. The van der Waals surface area contributed by atoms with Gasteiger partial charge in [-0.25, -0.2) is 10.2 Å². The summed E-state index contributed by atoms with van der Waals surface area (Å²) in [7, 11) is 0. The summed E-state index contributed by atoms with van der Waals surface area (Å²) in [5, 5.41) is 29.4. The lowest BCUT2D eigenvalue weighted by molar-refractivity contribution is 0.0913. The van der Waals surface area contributed by atoms with Crippen LogP contribution in [0.5, 0.6) is 0 Å². The van der Waals surface area contributed by atoms with Gasteiger partial charge in [-0.15, -0.1) is 0 Å². The summed E-state index contributed by atoms with van der Waals surface area (Å²) in [6.07, 6.45) is -0.837. The summed E-state index contributed by atoms with van der Waals surface area (Å²) in [4.78, 5) is 23.4. The van der Waals surface area contributed by atoms with E-state index in [-0.39, 0.29) is 23.6 Å². The van der Waals surface area contributed by atoms with Crippen LogP contribution < -0.4 is 16.2 Å². The highest BCUT2D eigenvalue weighted by molar-refractivity contribution is 9.10. The molecule has 1 aromatic rings. The van der Waals surface area contributed by atoms with Crippen molar-refractivity contribution in [2.24, 2.45) is 0 Å². The van der Waals surface area contributed by atoms with Crippen molar-refractivity contribution in [3.63, 3.8) is 0 Å². The van der Waals surface area contributed by atoms with Gasteiger partial charge in [0.15, 0.2) is 5.57 Å². The number of carbonyl (C=O) groups is 2. The lowest BCUT2D eigenvalue weighted by atomic mass is 10.1. The number of nitrogens with zero attached hydrogens (tertiary/aromatic N) is 3. The second-order valence-corrected chi connectivity index (χ2v) is 5.12. The molecule has 0 atom stereocenters. The van der Waals surface area contributed by atoms with Crippen molar-refractivity contribution in [2.75, 3.05) is 11.9 Å². The van der Waals surface area contributed by atoms with Gasteiger partial charge in [-0.05, 0) is 25.1 Å². The molecule has 0 unspecified atom stereocenters. The first-order valence-corrected chi connectivity index (χ1v) is 7.50. The molecule has 0 heterocycles. The molecule has 1 aromatic carbocycles. The molecule has 0 aliphatic carbocycles. The predicted molar refractivity (Wildman–Crippen MR) is 89.3 cm³/mol. The Kier molecular flexibility index (Phi) is 7.45. The average molecular weight is 403 g/mol. The number of nitrogens with one attached hydrogen (secondary N) is 3. The van der Waals surface area contributed by atoms with E-state index >= 15 is 0 Å². The SMILES string of the molecule is CCOC(=O)NNC(=O)c1ccc(Br)cc1NC(C#N)=C(C#N)C#N. The normalized spacial score (nSPS) is 8.76. The molecule has 2 amide bonds. The van der Waals surface area contributed by atoms with E-state index in [1.165, 1.54) is 12.1 Å². The van der Waals surface area contributed by atoms with Crippen LogP contribution in [0.15, 0.2) is 33.9 Å². The van der Waals surface area contributed by atoms with E-state index in [1.54, 1.807) is 31.2 Å². The number of nitriles is 3. The molecule has 25 heavy (non-hydrogen) atoms. The first-order chi connectivity index (χ1) is 12.0. The number of benzene rings is 1. The van der Waals surface area contributed by atoms with E-state index in [1.807, 2.05) is 0 Å². The Morgan fingerprint density at radius 1 is 1.16 bits per heavy atom. The van der Waals surface area contributed by atoms with Gasteiger partial charge < -0.3 is 10.1 Å². The summed E-state index contributed by atoms with van der Waals surface area (Å²) >= 11 is 3.22. The highest BCUT2D eigenvalue weighted by Gasteiger charge is 2.15. The lowest BCUT2D eigenvalue weighted by Crippen LogP contribution is -2.42. The van der Waals surface area contributed by atoms with Gasteiger partial charge in [-0.3, -0.25) is 10.2 Å². The molecule has 0 saturated carbocycles. The second kappa shape index (κ2) is 9.56. The Morgan fingerprint density at radius 2 is 1.84 bits per heavy atom. The van der Waals surface area contributed by atoms with Gasteiger partial charge in [0.2, 0.25) is 0 Å². The first-order valence-electron chi connectivity index (χ1n) is 6.71. The van der Waals surface area contributed by atoms with Crippen LogP contribution in [0.1, 0.15) is 17.3 Å². The molecule has 126 valence electrons. The fourth-order valence-corrected chi connectivity index (χ4v) is 1.94. The molecule has 1 rings (SSSR count). The third-order valence-corrected chi connectivity index (χ3v) is 3.12. The zero-order valence-electron chi connectivity index (χ0n) is 12.9. The van der Waals surface area contributed by atoms with Crippen molar-refractivity contribution in [2.45, 2.75) is 6.92 Å². The topological polar surface area (TPSA) is 151 Å². The Hall–Kier alpha value is -3.55. The van der Waals surface area contributed by atoms with Crippen molar-refractivity contribution in [1.29, 1.82) is 15.8 Å². The molecular weight excluding hydrogens is 392 g/mol. The van der Waals surface area contributed by atoms with Gasteiger partial charge >= 0.3 is 6.09 Å². The fourth-order valence-electron chi connectivity index (χ4n) is 1.58. The number of hydrogen-bond acceptors (Lipinski definition) is 7. The maximum atomic E-state index is 12.2. The quantitative estimate of drug-likeness (QED) is 0.514. The van der Waals surface area contributed by atoms with Gasteiger partial charge in [-0.1, -0.05) is 15.9 Å². The predicted octanol–water partition coefficient (Wildman–Crippen LogP) is 2.08. The molecule has 0 bridgehead atoms. The second-order valence-electron chi connectivity index (χ2n) is 4.20. The van der Waals surface area contributed by atoms with Gasteiger partial charge in [0.25, 0.3) is 5.91 Å². The number of rotatable bonds is 4. The maximum absolute atomic E-state index is 12.2. The molecule has 0 aromatic heterocycles. The van der Waals surface area contributed by atoms with Crippen LogP contribution in [0.3, 0.4) is 0 Å². The van der Waals surface area contributed by atoms with Crippen LogP contribution >= 0.6 is 15.9 Å². The van der Waals surface area contributed by atoms with E-state index in [0.29, 0.717) is 4.47 Å². The molecule has 0 radical (unpaired) electrons. The van der Waals surface area contributed by atoms with Crippen molar-refractivity contribution in [1.82, 2.24) is 10.9 Å². The number of anilines is 1. The number of hydrazine groups is 1. The average Bonchev–Trinajstić information content (AvgIpc) is 2.60. The Balaban J connectivity index is 3.12. The maximum Gasteiger partial charge on any atom is 0.426 e. The first kappa shape index (κ1) is 19.5. The molecule has 3 N–H and O–H groups in total. The van der Waals surface area contributed by atoms with Gasteiger partial charge in [0.05, 0.1) is 17.9 Å². The number of hydrogen-bond donors (Lipinski definition) is 3. The number of allylic oxidation sites excluding steroid dienone is 2. The molecule has 0 spiro atoms. The lowest BCUT2D eigenvalue weighted by Gasteiger charge is -2.12. The van der Waals surface area contributed by atoms with Crippen LogP contribution in [0, 0.1) is 34.0 Å². The number of halogens is 1. The summed E-state index contributed by atoms with van der Waals surface area (Å²) in [5.74, 6) is -0.698. The fraction of sp³-hybridized carbons (Fsp3) is 0.133. The molecule has 0 aliphatic rings. The Morgan fingerprint density at radius 3 is 2.40 bits per heavy atom. The summed E-state index contributed by atoms with van der Waals surface area (Å²) in [6, 6.07) is 9.33. The molecule has 9 nitrogen and oxygen atoms in total. The van der Waals surface area contributed by atoms with Gasteiger partial charge in [0.1, 0.15) is 23.9 Å². The molecular formula is C15H11BrN6O3. The van der Waals surface area contributed by atoms with Crippen LogP contribution in [-0.2, 0) is 4.74 Å². The van der Waals surface area contributed by atoms with E-state index < -0.39 is 17.6 Å². The molecule has 0 fully saturated rings. The zero-order chi connectivity index (χ0) is 18.8. The van der Waals surface area contributed by atoms with Crippen LogP contribution in [0.2, 0.25) is 0 Å². The van der Waals surface area contributed by atoms with Crippen molar-refractivity contribution < 1.29 is 14.3 Å². The monoisotopic (exact) mass is 402 g/mol. The van der Waals surface area contributed by atoms with E-state index in [4.69, 9.17) is 15.8 Å². The Bertz CT molecular complexity index is 828. The van der Waals surface area contributed by atoms with Crippen LogP contribution in [-0.4, -0.2) is 18.6 Å². The van der Waals surface area contributed by atoms with Gasteiger partial charge in [0, 0.05) is 4.47 Å². The molecule has 0 saturated heterocycles. The molecule has 0 aliphatic heterocycles. The summed E-state index contributed by atoms with van der Waals surface area (Å²) in [6.45, 7) is 1.74. The van der Waals surface area contributed by atoms with Crippen LogP contribution in [0.25, 0.3) is 0 Å². The smallest absolute Gasteiger partial charge is 0.426 e. The van der Waals surface area contributed by atoms with E-state index in [2.05, 4.69) is 36.8 Å². The van der Waals surface area contributed by atoms with Crippen LogP contribution in [0.4, 0.5) is 10.5 Å². The number of amides is 2.